The summed E-state index contributed by atoms with van der Waals surface area (Å²) in [7, 11) is 0. The van der Waals surface area contributed by atoms with Crippen LogP contribution in [0.3, 0.4) is 0 Å². The van der Waals surface area contributed by atoms with Gasteiger partial charge in [-0.05, 0) is 36.8 Å². The van der Waals surface area contributed by atoms with Gasteiger partial charge in [0.15, 0.2) is 0 Å². The highest BCUT2D eigenvalue weighted by molar-refractivity contribution is 6.42. The highest BCUT2D eigenvalue weighted by Crippen LogP contribution is 2.30. The minimum Gasteiger partial charge on any atom is -0.322 e. The van der Waals surface area contributed by atoms with Crippen LogP contribution in [0.15, 0.2) is 36.4 Å². The topological polar surface area (TPSA) is 43.8 Å². The lowest BCUT2D eigenvalue weighted by molar-refractivity contribution is 0.664. The lowest BCUT2D eigenvalue weighted by atomic mass is 10.2. The molecule has 0 aliphatic rings. The second kappa shape index (κ2) is 6.09. The zero-order chi connectivity index (χ0) is 15.9. The van der Waals surface area contributed by atoms with Crippen molar-refractivity contribution in [3.63, 3.8) is 0 Å². The molecule has 0 amide bonds. The molecule has 0 aliphatic heterocycles. The van der Waals surface area contributed by atoms with Crippen LogP contribution in [0, 0.1) is 0 Å². The molecule has 0 bridgehead atoms. The molecule has 1 aromatic heterocycles. The Kier molecular flexibility index (Phi) is 4.33. The summed E-state index contributed by atoms with van der Waals surface area (Å²) >= 11 is 18.3. The quantitative estimate of drug-likeness (QED) is 0.714. The fourth-order valence-corrected chi connectivity index (χ4v) is 3.00. The highest BCUT2D eigenvalue weighted by atomic mass is 35.5. The number of fused-ring (bicyclic) bond motifs is 1. The minimum absolute atomic E-state index is 0.205. The summed E-state index contributed by atoms with van der Waals surface area (Å²) in [5.41, 5.74) is 8.82. The van der Waals surface area contributed by atoms with Crippen LogP contribution >= 0.6 is 34.8 Å². The first-order chi connectivity index (χ1) is 10.5. The second-order valence-electron chi connectivity index (χ2n) is 5.23. The average Bonchev–Trinajstić information content (AvgIpc) is 2.78. The zero-order valence-electron chi connectivity index (χ0n) is 11.9. The summed E-state index contributed by atoms with van der Waals surface area (Å²) in [6.07, 6.45) is 0. The van der Waals surface area contributed by atoms with Crippen molar-refractivity contribution in [1.82, 2.24) is 9.55 Å². The van der Waals surface area contributed by atoms with Crippen molar-refractivity contribution in [3.05, 3.63) is 62.9 Å². The maximum Gasteiger partial charge on any atom is 0.126 e. The van der Waals surface area contributed by atoms with Crippen LogP contribution < -0.4 is 5.73 Å². The monoisotopic (exact) mass is 353 g/mol. The van der Waals surface area contributed by atoms with Gasteiger partial charge in [0.25, 0.3) is 0 Å². The fourth-order valence-electron chi connectivity index (χ4n) is 2.47. The van der Waals surface area contributed by atoms with Crippen LogP contribution in [0.5, 0.6) is 0 Å². The molecule has 0 radical (unpaired) electrons. The third-order valence-corrected chi connectivity index (χ3v) is 4.41. The highest BCUT2D eigenvalue weighted by Gasteiger charge is 2.16. The van der Waals surface area contributed by atoms with E-state index in [9.17, 15) is 0 Å². The van der Waals surface area contributed by atoms with E-state index in [-0.39, 0.29) is 6.04 Å². The van der Waals surface area contributed by atoms with Gasteiger partial charge in [-0.3, -0.25) is 0 Å². The van der Waals surface area contributed by atoms with Crippen LogP contribution in [0.2, 0.25) is 15.1 Å². The summed E-state index contributed by atoms with van der Waals surface area (Å²) in [4.78, 5) is 4.59. The van der Waals surface area contributed by atoms with Crippen molar-refractivity contribution in [2.75, 3.05) is 0 Å². The number of aromatic nitrogens is 2. The van der Waals surface area contributed by atoms with Crippen molar-refractivity contribution in [2.45, 2.75) is 19.5 Å². The number of nitrogens with zero attached hydrogens (tertiary/aromatic N) is 2. The number of benzene rings is 2. The van der Waals surface area contributed by atoms with Crippen molar-refractivity contribution < 1.29 is 0 Å². The summed E-state index contributed by atoms with van der Waals surface area (Å²) in [5.74, 6) is 0.785. The second-order valence-corrected chi connectivity index (χ2v) is 6.48. The third-order valence-electron chi connectivity index (χ3n) is 3.46. The van der Waals surface area contributed by atoms with Gasteiger partial charge in [0.2, 0.25) is 0 Å². The number of halogens is 3. The Bertz CT molecular complexity index is 840. The van der Waals surface area contributed by atoms with E-state index in [0.717, 1.165) is 22.4 Å². The molecule has 0 spiro atoms. The minimum atomic E-state index is -0.205. The van der Waals surface area contributed by atoms with Gasteiger partial charge in [-0.1, -0.05) is 46.9 Å². The van der Waals surface area contributed by atoms with E-state index in [1.807, 2.05) is 41.8 Å². The first kappa shape index (κ1) is 15.6. The van der Waals surface area contributed by atoms with E-state index >= 15 is 0 Å². The molecule has 6 heteroatoms. The van der Waals surface area contributed by atoms with Gasteiger partial charge in [0, 0.05) is 11.6 Å². The lowest BCUT2D eigenvalue weighted by Gasteiger charge is -2.12. The molecule has 0 unspecified atom stereocenters. The van der Waals surface area contributed by atoms with E-state index in [0.29, 0.717) is 21.6 Å². The van der Waals surface area contributed by atoms with E-state index in [1.54, 1.807) is 6.07 Å². The molecule has 3 aromatic rings. The van der Waals surface area contributed by atoms with Gasteiger partial charge in [-0.25, -0.2) is 4.98 Å². The molecule has 0 saturated heterocycles. The number of hydrogen-bond acceptors (Lipinski definition) is 2. The molecule has 22 heavy (non-hydrogen) atoms. The Morgan fingerprint density at radius 3 is 2.55 bits per heavy atom. The first-order valence-electron chi connectivity index (χ1n) is 6.81. The molecule has 3 rings (SSSR count). The molecule has 0 saturated carbocycles. The number of imidazole rings is 1. The SMILES string of the molecule is C[C@H](N)c1nc2cc(Cl)c(Cl)cc2n1Cc1cccc(Cl)c1. The molecule has 3 nitrogen and oxygen atoms in total. The number of nitrogens with two attached hydrogens (primary N) is 1. The van der Waals surface area contributed by atoms with E-state index in [4.69, 9.17) is 40.5 Å². The van der Waals surface area contributed by atoms with Gasteiger partial charge >= 0.3 is 0 Å². The Hall–Kier alpha value is -1.26. The molecule has 0 fully saturated rings. The molecular weight excluding hydrogens is 341 g/mol. The lowest BCUT2D eigenvalue weighted by Crippen LogP contribution is -2.14. The number of rotatable bonds is 3. The standard InChI is InChI=1S/C16H14Cl3N3/c1-9(20)16-21-14-6-12(18)13(19)7-15(14)22(16)8-10-3-2-4-11(17)5-10/h2-7,9H,8,20H2,1H3/t9-/m0/s1. The van der Waals surface area contributed by atoms with Crippen LogP contribution in [0.25, 0.3) is 11.0 Å². The van der Waals surface area contributed by atoms with Gasteiger partial charge in [-0.2, -0.15) is 0 Å². The molecule has 114 valence electrons. The molecule has 1 heterocycles. The van der Waals surface area contributed by atoms with Crippen molar-refractivity contribution in [2.24, 2.45) is 5.73 Å². The van der Waals surface area contributed by atoms with Crippen LogP contribution in [-0.2, 0) is 6.54 Å². The van der Waals surface area contributed by atoms with Gasteiger partial charge in [0.05, 0.1) is 27.1 Å². The summed E-state index contributed by atoms with van der Waals surface area (Å²) in [6, 6.07) is 11.1. The van der Waals surface area contributed by atoms with Gasteiger partial charge in [0.1, 0.15) is 5.82 Å². The normalized spacial score (nSPS) is 12.8. The van der Waals surface area contributed by atoms with E-state index < -0.39 is 0 Å². The van der Waals surface area contributed by atoms with Crippen LogP contribution in [-0.4, -0.2) is 9.55 Å². The Labute approximate surface area is 143 Å². The van der Waals surface area contributed by atoms with Crippen molar-refractivity contribution in [1.29, 1.82) is 0 Å². The van der Waals surface area contributed by atoms with Crippen LogP contribution in [0.1, 0.15) is 24.4 Å². The summed E-state index contributed by atoms with van der Waals surface area (Å²) in [5, 5.41) is 1.68. The van der Waals surface area contributed by atoms with Crippen molar-refractivity contribution in [3.8, 4) is 0 Å². The first-order valence-corrected chi connectivity index (χ1v) is 7.94. The number of hydrogen-bond donors (Lipinski definition) is 1. The predicted octanol–water partition coefficient (Wildman–Crippen LogP) is 5.06. The maximum absolute atomic E-state index is 6.15. The predicted molar refractivity (Wildman–Crippen MR) is 92.9 cm³/mol. The zero-order valence-corrected chi connectivity index (χ0v) is 14.1. The van der Waals surface area contributed by atoms with Gasteiger partial charge in [-0.15, -0.1) is 0 Å². The molecule has 1 atom stereocenters. The molecule has 0 aliphatic carbocycles. The van der Waals surface area contributed by atoms with Gasteiger partial charge < -0.3 is 10.3 Å². The molecule has 2 aromatic carbocycles. The average molecular weight is 355 g/mol. The molecule has 2 N–H and O–H groups in total. The largest absolute Gasteiger partial charge is 0.322 e. The van der Waals surface area contributed by atoms with Crippen LogP contribution in [0.4, 0.5) is 0 Å². The fraction of sp³-hybridized carbons (Fsp3) is 0.188. The Balaban J connectivity index is 2.17. The Morgan fingerprint density at radius 1 is 1.14 bits per heavy atom. The maximum atomic E-state index is 6.15. The Morgan fingerprint density at radius 2 is 1.86 bits per heavy atom. The molecular formula is C16H14Cl3N3. The van der Waals surface area contributed by atoms with E-state index in [1.165, 1.54) is 0 Å². The summed E-state index contributed by atoms with van der Waals surface area (Å²) < 4.78 is 2.05. The smallest absolute Gasteiger partial charge is 0.126 e. The summed E-state index contributed by atoms with van der Waals surface area (Å²) in [6.45, 7) is 2.52. The third kappa shape index (κ3) is 2.95. The van der Waals surface area contributed by atoms with Crippen molar-refractivity contribution >= 4 is 45.8 Å². The van der Waals surface area contributed by atoms with E-state index in [2.05, 4.69) is 4.98 Å².